The zero-order chi connectivity index (χ0) is 24.2. The molecule has 1 fully saturated rings. The topological polar surface area (TPSA) is 92.7 Å². The van der Waals surface area contributed by atoms with Gasteiger partial charge < -0.3 is 9.84 Å². The molecule has 1 unspecified atom stereocenters. The third-order valence-electron chi connectivity index (χ3n) is 5.25. The largest absolute Gasteiger partial charge is 0.478 e. The quantitative estimate of drug-likeness (QED) is 0.429. The van der Waals surface area contributed by atoms with E-state index < -0.39 is 11.2 Å². The summed E-state index contributed by atoms with van der Waals surface area (Å²) in [6, 6.07) is 12.9. The number of ether oxygens (including phenoxy) is 1. The van der Waals surface area contributed by atoms with Crippen molar-refractivity contribution in [3.63, 3.8) is 0 Å². The second-order valence-electron chi connectivity index (χ2n) is 8.11. The monoisotopic (exact) mass is 473 g/mol. The third-order valence-corrected chi connectivity index (χ3v) is 6.17. The molecule has 34 heavy (non-hydrogen) atoms. The Morgan fingerprint density at radius 3 is 2.50 bits per heavy atom. The van der Waals surface area contributed by atoms with E-state index in [1.54, 1.807) is 42.5 Å². The molecule has 2 aromatic carbocycles. The lowest BCUT2D eigenvalue weighted by atomic mass is 10.0. The first kappa shape index (κ1) is 23.3. The van der Waals surface area contributed by atoms with Gasteiger partial charge in [0.05, 0.1) is 5.57 Å². The van der Waals surface area contributed by atoms with Crippen LogP contribution in [0.5, 0.6) is 5.75 Å². The van der Waals surface area contributed by atoms with Gasteiger partial charge >= 0.3 is 5.97 Å². The van der Waals surface area contributed by atoms with Crippen LogP contribution in [0.3, 0.4) is 0 Å². The Hall–Kier alpha value is -3.84. The number of amides is 2. The summed E-state index contributed by atoms with van der Waals surface area (Å²) in [5.41, 5.74) is 4.59. The van der Waals surface area contributed by atoms with E-state index in [0.29, 0.717) is 23.5 Å². The number of carboxylic acid groups (broad SMARTS) is 1. The first-order chi connectivity index (χ1) is 16.3. The number of aryl methyl sites for hydroxylation is 2. The van der Waals surface area contributed by atoms with Crippen molar-refractivity contribution in [1.82, 2.24) is 5.32 Å². The Bertz CT molecular complexity index is 1280. The summed E-state index contributed by atoms with van der Waals surface area (Å²) in [6.45, 7) is 3.96. The van der Waals surface area contributed by atoms with Gasteiger partial charge in [0, 0.05) is 0 Å². The van der Waals surface area contributed by atoms with Crippen LogP contribution in [-0.4, -0.2) is 27.5 Å². The summed E-state index contributed by atoms with van der Waals surface area (Å²) in [5, 5.41) is 11.3. The van der Waals surface area contributed by atoms with E-state index in [0.717, 1.165) is 34.0 Å². The van der Waals surface area contributed by atoms with Gasteiger partial charge in [0.25, 0.3) is 5.24 Å². The van der Waals surface area contributed by atoms with Crippen molar-refractivity contribution in [2.75, 3.05) is 0 Å². The lowest BCUT2D eigenvalue weighted by molar-refractivity contribution is -0.130. The Labute approximate surface area is 201 Å². The number of hydrogen-bond acceptors (Lipinski definition) is 5. The fourth-order valence-electron chi connectivity index (χ4n) is 3.81. The summed E-state index contributed by atoms with van der Waals surface area (Å²) in [7, 11) is 0. The first-order valence-corrected chi connectivity index (χ1v) is 11.6. The standard InChI is InChI=1S/C27H23NO5S/c1-16-10-17(2)12-19(11-16)13-23(26(30)31)20-4-3-5-22(15-20)33-21-8-6-18(7-9-21)14-24-25(29)28-27(32)34-24/h3-6,8-15,24H,7H2,1-2H3,(H,30,31)(H,28,29,32)/b18-14+,23-13+. The highest BCUT2D eigenvalue weighted by molar-refractivity contribution is 8.15. The van der Waals surface area contributed by atoms with Crippen LogP contribution in [0, 0.1) is 13.8 Å². The van der Waals surface area contributed by atoms with Crippen LogP contribution in [0.1, 0.15) is 28.7 Å². The molecule has 1 heterocycles. The van der Waals surface area contributed by atoms with Crippen LogP contribution >= 0.6 is 11.8 Å². The van der Waals surface area contributed by atoms with Crippen LogP contribution in [-0.2, 0) is 9.59 Å². The van der Waals surface area contributed by atoms with Crippen molar-refractivity contribution < 1.29 is 24.2 Å². The van der Waals surface area contributed by atoms with E-state index in [4.69, 9.17) is 4.74 Å². The maximum Gasteiger partial charge on any atom is 0.336 e. The molecule has 2 amide bonds. The van der Waals surface area contributed by atoms with E-state index in [9.17, 15) is 19.5 Å². The average Bonchev–Trinajstić information content (AvgIpc) is 3.09. The fraction of sp³-hybridized carbons (Fsp3) is 0.148. The van der Waals surface area contributed by atoms with Gasteiger partial charge in [-0.05, 0) is 79.1 Å². The number of allylic oxidation sites excluding steroid dienone is 4. The Kier molecular flexibility index (Phi) is 6.84. The second-order valence-corrected chi connectivity index (χ2v) is 9.23. The van der Waals surface area contributed by atoms with Crippen molar-refractivity contribution >= 4 is 40.5 Å². The summed E-state index contributed by atoms with van der Waals surface area (Å²) in [5.74, 6) is -0.189. The lowest BCUT2D eigenvalue weighted by Crippen LogP contribution is -2.23. The highest BCUT2D eigenvalue weighted by atomic mass is 32.2. The van der Waals surface area contributed by atoms with Gasteiger partial charge in [0.2, 0.25) is 5.91 Å². The Morgan fingerprint density at radius 1 is 1.12 bits per heavy atom. The molecule has 6 nitrogen and oxygen atoms in total. The molecule has 0 radical (unpaired) electrons. The number of thioether (sulfide) groups is 1. The van der Waals surface area contributed by atoms with Gasteiger partial charge in [-0.2, -0.15) is 0 Å². The van der Waals surface area contributed by atoms with Crippen molar-refractivity contribution in [3.8, 4) is 5.75 Å². The van der Waals surface area contributed by atoms with Crippen molar-refractivity contribution in [3.05, 3.63) is 100 Å². The zero-order valence-corrected chi connectivity index (χ0v) is 19.5. The molecule has 0 saturated carbocycles. The van der Waals surface area contributed by atoms with Gasteiger partial charge in [-0.15, -0.1) is 0 Å². The summed E-state index contributed by atoms with van der Waals surface area (Å²) in [6.07, 6.45) is 9.49. The molecule has 0 aromatic heterocycles. The van der Waals surface area contributed by atoms with Crippen molar-refractivity contribution in [2.45, 2.75) is 25.5 Å². The fourth-order valence-corrected chi connectivity index (χ4v) is 4.61. The van der Waals surface area contributed by atoms with E-state index in [1.807, 2.05) is 44.2 Å². The molecular weight excluding hydrogens is 450 g/mol. The predicted molar refractivity (Wildman–Crippen MR) is 133 cm³/mol. The molecule has 2 N–H and O–H groups in total. The van der Waals surface area contributed by atoms with Gasteiger partial charge in [-0.25, -0.2) is 4.79 Å². The number of benzene rings is 2. The highest BCUT2D eigenvalue weighted by Gasteiger charge is 2.29. The van der Waals surface area contributed by atoms with Gasteiger partial charge in [-0.3, -0.25) is 14.9 Å². The SMILES string of the molecule is Cc1cc(C)cc(/C=C(/C(=O)O)c2cccc(OC3=CC/C(=C/C4SC(=O)NC4=O)C=C3)c2)c1. The second kappa shape index (κ2) is 9.97. The molecule has 7 heteroatoms. The summed E-state index contributed by atoms with van der Waals surface area (Å²) < 4.78 is 5.96. The molecule has 1 aliphatic carbocycles. The smallest absolute Gasteiger partial charge is 0.336 e. The highest BCUT2D eigenvalue weighted by Crippen LogP contribution is 2.28. The maximum absolute atomic E-state index is 12.0. The minimum absolute atomic E-state index is 0.177. The summed E-state index contributed by atoms with van der Waals surface area (Å²) in [4.78, 5) is 35.1. The number of rotatable bonds is 6. The minimum atomic E-state index is -1.02. The molecule has 2 aromatic rings. The van der Waals surface area contributed by atoms with Gasteiger partial charge in [0.1, 0.15) is 16.8 Å². The normalized spacial score (nSPS) is 19.2. The average molecular weight is 474 g/mol. The van der Waals surface area contributed by atoms with Crippen LogP contribution in [0.4, 0.5) is 4.79 Å². The Morgan fingerprint density at radius 2 is 1.88 bits per heavy atom. The Balaban J connectivity index is 1.50. The lowest BCUT2D eigenvalue weighted by Gasteiger charge is -2.13. The van der Waals surface area contributed by atoms with Crippen LogP contribution < -0.4 is 10.1 Å². The first-order valence-electron chi connectivity index (χ1n) is 10.7. The van der Waals surface area contributed by atoms with Gasteiger partial charge in [0.15, 0.2) is 0 Å². The van der Waals surface area contributed by atoms with Crippen LogP contribution in [0.15, 0.2) is 78.1 Å². The number of imide groups is 1. The third kappa shape index (κ3) is 5.74. The van der Waals surface area contributed by atoms with Crippen molar-refractivity contribution in [1.29, 1.82) is 0 Å². The molecule has 1 saturated heterocycles. The minimum Gasteiger partial charge on any atom is -0.478 e. The van der Waals surface area contributed by atoms with E-state index in [-0.39, 0.29) is 16.7 Å². The van der Waals surface area contributed by atoms with Gasteiger partial charge in [-0.1, -0.05) is 53.6 Å². The molecule has 1 atom stereocenters. The number of hydrogen-bond donors (Lipinski definition) is 2. The molecule has 0 bridgehead atoms. The molecule has 4 rings (SSSR count). The van der Waals surface area contributed by atoms with E-state index in [1.165, 1.54) is 0 Å². The van der Waals surface area contributed by atoms with Crippen molar-refractivity contribution in [2.24, 2.45) is 0 Å². The molecule has 2 aliphatic rings. The summed E-state index contributed by atoms with van der Waals surface area (Å²) >= 11 is 0.964. The number of carbonyl (C=O) groups excluding carboxylic acids is 2. The zero-order valence-electron chi connectivity index (χ0n) is 18.7. The number of carboxylic acids is 1. The van der Waals surface area contributed by atoms with E-state index in [2.05, 4.69) is 5.32 Å². The predicted octanol–water partition coefficient (Wildman–Crippen LogP) is 5.43. The molecule has 0 spiro atoms. The number of aliphatic carboxylic acids is 1. The maximum atomic E-state index is 12.0. The molecule has 172 valence electrons. The van der Waals surface area contributed by atoms with E-state index >= 15 is 0 Å². The van der Waals surface area contributed by atoms with Crippen LogP contribution in [0.25, 0.3) is 11.6 Å². The number of carbonyl (C=O) groups is 3. The molecular formula is C27H23NO5S. The number of nitrogens with one attached hydrogen (secondary N) is 1. The molecule has 1 aliphatic heterocycles. The van der Waals surface area contributed by atoms with Crippen LogP contribution in [0.2, 0.25) is 0 Å².